The van der Waals surface area contributed by atoms with E-state index in [1.807, 2.05) is 0 Å². The lowest BCUT2D eigenvalue weighted by molar-refractivity contribution is -0.704. The summed E-state index contributed by atoms with van der Waals surface area (Å²) in [5, 5.41) is 0. The molecule has 0 aliphatic rings. The highest BCUT2D eigenvalue weighted by Crippen LogP contribution is 2.16. The first-order valence-corrected chi connectivity index (χ1v) is 21.9. The molecule has 0 saturated heterocycles. The highest BCUT2D eigenvalue weighted by molar-refractivity contribution is 4.84. The SMILES string of the molecule is CCCCCCCCCCCCCCCC[n+]1ccn(CCCCCCCCCCCCC)c1CCCCCCCCCCCC. The van der Waals surface area contributed by atoms with Gasteiger partial charge in [-0.05, 0) is 32.1 Å². The Morgan fingerprint density at radius 2 is 0.674 bits per heavy atom. The first kappa shape index (κ1) is 43.2. The van der Waals surface area contributed by atoms with E-state index in [0.29, 0.717) is 0 Å². The van der Waals surface area contributed by atoms with Crippen molar-refractivity contribution in [2.45, 2.75) is 265 Å². The van der Waals surface area contributed by atoms with Gasteiger partial charge in [-0.3, -0.25) is 0 Å². The molecule has 0 fully saturated rings. The van der Waals surface area contributed by atoms with Crippen LogP contribution in [-0.2, 0) is 19.5 Å². The summed E-state index contributed by atoms with van der Waals surface area (Å²) in [6, 6.07) is 0. The van der Waals surface area contributed by atoms with Crippen LogP contribution in [0.15, 0.2) is 12.4 Å². The predicted octanol–water partition coefficient (Wildman–Crippen LogP) is 15.0. The molecule has 2 nitrogen and oxygen atoms in total. The largest absolute Gasteiger partial charge is 0.256 e. The van der Waals surface area contributed by atoms with Crippen molar-refractivity contribution in [3.63, 3.8) is 0 Å². The minimum Gasteiger partial charge on any atom is -0.234 e. The van der Waals surface area contributed by atoms with Gasteiger partial charge in [0.25, 0.3) is 5.82 Å². The average molecular weight is 644 g/mol. The zero-order valence-electron chi connectivity index (χ0n) is 32.4. The summed E-state index contributed by atoms with van der Waals surface area (Å²) < 4.78 is 5.29. The third-order valence-electron chi connectivity index (χ3n) is 10.6. The van der Waals surface area contributed by atoms with Gasteiger partial charge in [0.05, 0.1) is 13.1 Å². The molecule has 46 heavy (non-hydrogen) atoms. The molecule has 0 atom stereocenters. The lowest BCUT2D eigenvalue weighted by Gasteiger charge is -2.07. The molecule has 0 unspecified atom stereocenters. The summed E-state index contributed by atoms with van der Waals surface area (Å²) in [5.74, 6) is 1.63. The monoisotopic (exact) mass is 644 g/mol. The molecule has 0 saturated carbocycles. The molecule has 0 aromatic carbocycles. The Hall–Kier alpha value is -0.790. The third-order valence-corrected chi connectivity index (χ3v) is 10.6. The van der Waals surface area contributed by atoms with Crippen LogP contribution in [0.2, 0.25) is 0 Å². The Kier molecular flexibility index (Phi) is 33.4. The van der Waals surface area contributed by atoms with Gasteiger partial charge in [0.2, 0.25) is 0 Å². The van der Waals surface area contributed by atoms with Crippen LogP contribution in [0, 0.1) is 0 Å². The van der Waals surface area contributed by atoms with Crippen molar-refractivity contribution in [3.8, 4) is 0 Å². The molecule has 0 aliphatic carbocycles. The van der Waals surface area contributed by atoms with E-state index in [2.05, 4.69) is 42.3 Å². The quantitative estimate of drug-likeness (QED) is 0.0501. The van der Waals surface area contributed by atoms with Crippen LogP contribution < -0.4 is 4.57 Å². The molecule has 0 aliphatic heterocycles. The Morgan fingerprint density at radius 1 is 0.370 bits per heavy atom. The number of rotatable bonds is 38. The number of aryl methyl sites for hydroxylation is 2. The van der Waals surface area contributed by atoms with Crippen LogP contribution in [0.3, 0.4) is 0 Å². The van der Waals surface area contributed by atoms with E-state index in [1.54, 1.807) is 5.82 Å². The molecular weight excluding hydrogens is 556 g/mol. The zero-order valence-corrected chi connectivity index (χ0v) is 32.4. The third kappa shape index (κ3) is 27.2. The molecule has 272 valence electrons. The van der Waals surface area contributed by atoms with Crippen LogP contribution >= 0.6 is 0 Å². The lowest BCUT2D eigenvalue weighted by Crippen LogP contribution is -2.37. The molecule has 0 amide bonds. The Balaban J connectivity index is 2.28. The summed E-state index contributed by atoms with van der Waals surface area (Å²) in [6.07, 6.45) is 56.3. The maximum absolute atomic E-state index is 2.65. The topological polar surface area (TPSA) is 8.81 Å². The Morgan fingerprint density at radius 3 is 1.04 bits per heavy atom. The van der Waals surface area contributed by atoms with Gasteiger partial charge in [-0.1, -0.05) is 213 Å². The Bertz CT molecular complexity index is 707. The second-order valence-electron chi connectivity index (χ2n) is 15.2. The average Bonchev–Trinajstić information content (AvgIpc) is 3.45. The first-order valence-electron chi connectivity index (χ1n) is 21.9. The predicted molar refractivity (Wildman–Crippen MR) is 207 cm³/mol. The van der Waals surface area contributed by atoms with Crippen LogP contribution in [0.4, 0.5) is 0 Å². The maximum atomic E-state index is 2.65. The molecule has 1 heterocycles. The fourth-order valence-corrected chi connectivity index (χ4v) is 7.39. The van der Waals surface area contributed by atoms with Gasteiger partial charge in [-0.25, -0.2) is 9.13 Å². The Labute approximate surface area is 291 Å². The van der Waals surface area contributed by atoms with Gasteiger partial charge < -0.3 is 0 Å². The van der Waals surface area contributed by atoms with E-state index in [4.69, 9.17) is 0 Å². The van der Waals surface area contributed by atoms with E-state index >= 15 is 0 Å². The molecule has 1 aromatic heterocycles. The summed E-state index contributed by atoms with van der Waals surface area (Å²) in [6.45, 7) is 9.41. The molecule has 2 heteroatoms. The maximum Gasteiger partial charge on any atom is 0.256 e. The van der Waals surface area contributed by atoms with Crippen LogP contribution in [0.25, 0.3) is 0 Å². The van der Waals surface area contributed by atoms with Crippen molar-refractivity contribution in [2.24, 2.45) is 0 Å². The van der Waals surface area contributed by atoms with Crippen molar-refractivity contribution >= 4 is 0 Å². The van der Waals surface area contributed by atoms with Gasteiger partial charge in [-0.15, -0.1) is 0 Å². The van der Waals surface area contributed by atoms with Gasteiger partial charge in [-0.2, -0.15) is 0 Å². The van der Waals surface area contributed by atoms with E-state index in [1.165, 1.54) is 244 Å². The van der Waals surface area contributed by atoms with Crippen LogP contribution in [-0.4, -0.2) is 4.57 Å². The first-order chi connectivity index (χ1) is 22.8. The molecule has 1 aromatic rings. The van der Waals surface area contributed by atoms with E-state index < -0.39 is 0 Å². The van der Waals surface area contributed by atoms with Gasteiger partial charge >= 0.3 is 0 Å². The minimum atomic E-state index is 1.23. The fourth-order valence-electron chi connectivity index (χ4n) is 7.39. The van der Waals surface area contributed by atoms with Crippen molar-refractivity contribution < 1.29 is 4.57 Å². The van der Waals surface area contributed by atoms with Gasteiger partial charge in [0.1, 0.15) is 12.4 Å². The molecular formula is C44H87N2+. The van der Waals surface area contributed by atoms with Crippen molar-refractivity contribution in [2.75, 3.05) is 0 Å². The van der Waals surface area contributed by atoms with Crippen molar-refractivity contribution in [1.82, 2.24) is 4.57 Å². The summed E-state index contributed by atoms with van der Waals surface area (Å²) in [7, 11) is 0. The summed E-state index contributed by atoms with van der Waals surface area (Å²) >= 11 is 0. The molecule has 1 rings (SSSR count). The van der Waals surface area contributed by atoms with E-state index in [9.17, 15) is 0 Å². The number of hydrogen-bond acceptors (Lipinski definition) is 0. The highest BCUT2D eigenvalue weighted by Gasteiger charge is 2.16. The highest BCUT2D eigenvalue weighted by atomic mass is 15.1. The number of unbranched alkanes of at least 4 members (excludes halogenated alkanes) is 32. The van der Waals surface area contributed by atoms with Crippen molar-refractivity contribution in [1.29, 1.82) is 0 Å². The summed E-state index contributed by atoms with van der Waals surface area (Å²) in [5.41, 5.74) is 0. The van der Waals surface area contributed by atoms with Crippen LogP contribution in [0.5, 0.6) is 0 Å². The second kappa shape index (κ2) is 35.5. The van der Waals surface area contributed by atoms with Crippen molar-refractivity contribution in [3.05, 3.63) is 18.2 Å². The molecule has 0 bridgehead atoms. The number of imidazole rings is 1. The zero-order chi connectivity index (χ0) is 33.0. The minimum absolute atomic E-state index is 1.23. The number of hydrogen-bond donors (Lipinski definition) is 0. The van der Waals surface area contributed by atoms with Gasteiger partial charge in [0, 0.05) is 6.42 Å². The normalized spacial score (nSPS) is 11.6. The molecule has 0 N–H and O–H groups in total. The number of aromatic nitrogens is 2. The van der Waals surface area contributed by atoms with Gasteiger partial charge in [0.15, 0.2) is 0 Å². The molecule has 0 radical (unpaired) electrons. The number of nitrogens with zero attached hydrogens (tertiary/aromatic N) is 2. The van der Waals surface area contributed by atoms with Crippen LogP contribution in [0.1, 0.15) is 251 Å². The lowest BCUT2D eigenvalue weighted by atomic mass is 10.0. The second-order valence-corrected chi connectivity index (χ2v) is 15.2. The summed E-state index contributed by atoms with van der Waals surface area (Å²) in [4.78, 5) is 0. The molecule has 0 spiro atoms. The fraction of sp³-hybridized carbons (Fsp3) is 0.932. The smallest absolute Gasteiger partial charge is 0.234 e. The van der Waals surface area contributed by atoms with E-state index in [-0.39, 0.29) is 0 Å². The standard InChI is InChI=1S/C44H87N2/c1-4-7-10-13-16-19-22-23-24-26-29-32-35-38-41-46-43-42-45(40-37-34-31-28-25-20-17-14-11-8-5-2)44(46)39-36-33-30-27-21-18-15-12-9-6-3/h42-43H,4-41H2,1-3H3/q+1. The van der Waals surface area contributed by atoms with E-state index in [0.717, 1.165) is 0 Å².